The molecule has 0 aliphatic rings. The van der Waals surface area contributed by atoms with Crippen molar-refractivity contribution in [2.75, 3.05) is 25.2 Å². The quantitative estimate of drug-likeness (QED) is 0.885. The number of rotatable bonds is 4. The highest BCUT2D eigenvalue weighted by Crippen LogP contribution is 2.17. The number of amides is 1. The van der Waals surface area contributed by atoms with Gasteiger partial charge in [-0.3, -0.25) is 4.79 Å². The molecule has 0 aliphatic carbocycles. The Bertz CT molecular complexity index is 540. The van der Waals surface area contributed by atoms with Gasteiger partial charge in [0.05, 0.1) is 12.8 Å². The first-order valence-corrected chi connectivity index (χ1v) is 6.72. The van der Waals surface area contributed by atoms with E-state index in [9.17, 15) is 22.0 Å². The van der Waals surface area contributed by atoms with Gasteiger partial charge in [0.15, 0.2) is 0 Å². The second-order valence-corrected chi connectivity index (χ2v) is 5.75. The van der Waals surface area contributed by atoms with E-state index >= 15 is 0 Å². The van der Waals surface area contributed by atoms with Crippen LogP contribution in [0, 0.1) is 11.6 Å². The van der Waals surface area contributed by atoms with Gasteiger partial charge in [0.1, 0.15) is 17.3 Å². The molecule has 5 nitrogen and oxygen atoms in total. The molecular weight excluding hydrogens is 266 g/mol. The first-order valence-electron chi connectivity index (χ1n) is 4.87. The molecule has 0 heterocycles. The van der Waals surface area contributed by atoms with Crippen LogP contribution in [0.1, 0.15) is 0 Å². The van der Waals surface area contributed by atoms with Gasteiger partial charge in [-0.1, -0.05) is 6.07 Å². The maximum absolute atomic E-state index is 13.2. The lowest BCUT2D eigenvalue weighted by Gasteiger charge is -2.14. The van der Waals surface area contributed by atoms with Crippen LogP contribution in [-0.2, 0) is 14.8 Å². The lowest BCUT2D eigenvalue weighted by atomic mass is 10.3. The number of hydrogen-bond donors (Lipinski definition) is 1. The van der Waals surface area contributed by atoms with Crippen LogP contribution in [0.2, 0.25) is 0 Å². The Morgan fingerprint density at radius 1 is 1.33 bits per heavy atom. The van der Waals surface area contributed by atoms with Gasteiger partial charge in [-0.05, 0) is 12.1 Å². The topological polar surface area (TPSA) is 66.5 Å². The van der Waals surface area contributed by atoms with Crippen molar-refractivity contribution in [1.29, 1.82) is 0 Å². The third-order valence-corrected chi connectivity index (χ3v) is 3.42. The summed E-state index contributed by atoms with van der Waals surface area (Å²) in [6, 6.07) is 3.13. The van der Waals surface area contributed by atoms with Crippen molar-refractivity contribution in [3.05, 3.63) is 29.8 Å². The lowest BCUT2D eigenvalue weighted by Crippen LogP contribution is -2.34. The second kappa shape index (κ2) is 5.40. The normalized spacial score (nSPS) is 11.6. The van der Waals surface area contributed by atoms with E-state index in [1.165, 1.54) is 7.05 Å². The summed E-state index contributed by atoms with van der Waals surface area (Å²) in [4.78, 5) is 11.4. The number of halogens is 2. The minimum Gasteiger partial charge on any atom is -0.320 e. The zero-order valence-corrected chi connectivity index (χ0v) is 10.6. The number of carbonyl (C=O) groups excluding carboxylic acids is 1. The summed E-state index contributed by atoms with van der Waals surface area (Å²) in [5, 5.41) is 1.99. The summed E-state index contributed by atoms with van der Waals surface area (Å²) in [7, 11) is -2.34. The third kappa shape index (κ3) is 3.74. The molecule has 0 aliphatic heterocycles. The number of nitrogens with one attached hydrogen (secondary N) is 1. The van der Waals surface area contributed by atoms with Crippen molar-refractivity contribution < 1.29 is 22.0 Å². The van der Waals surface area contributed by atoms with Crippen molar-refractivity contribution in [3.63, 3.8) is 0 Å². The molecular formula is C10H12F2N2O3S. The number of likely N-dealkylation sites (N-methyl/N-ethyl adjacent to an activating group) is 1. The summed E-state index contributed by atoms with van der Waals surface area (Å²) in [6.45, 7) is -0.521. The zero-order chi connectivity index (χ0) is 13.9. The Kier molecular flexibility index (Phi) is 4.36. The average molecular weight is 278 g/mol. The molecule has 0 spiro atoms. The van der Waals surface area contributed by atoms with E-state index in [1.807, 2.05) is 5.32 Å². The molecule has 100 valence electrons. The molecule has 0 saturated heterocycles. The van der Waals surface area contributed by atoms with Crippen LogP contribution in [0.5, 0.6) is 0 Å². The van der Waals surface area contributed by atoms with Crippen LogP contribution in [0.25, 0.3) is 0 Å². The van der Waals surface area contributed by atoms with Crippen molar-refractivity contribution in [2.45, 2.75) is 0 Å². The highest BCUT2D eigenvalue weighted by molar-refractivity contribution is 7.88. The van der Waals surface area contributed by atoms with Gasteiger partial charge in [0.2, 0.25) is 15.9 Å². The van der Waals surface area contributed by atoms with Gasteiger partial charge < -0.3 is 5.32 Å². The number of benzene rings is 1. The molecule has 0 aromatic heterocycles. The van der Waals surface area contributed by atoms with E-state index in [4.69, 9.17) is 0 Å². The predicted molar refractivity (Wildman–Crippen MR) is 62.5 cm³/mol. The van der Waals surface area contributed by atoms with Crippen LogP contribution in [0.4, 0.5) is 14.5 Å². The van der Waals surface area contributed by atoms with E-state index in [0.717, 1.165) is 28.8 Å². The van der Waals surface area contributed by atoms with Gasteiger partial charge in [-0.2, -0.15) is 4.31 Å². The number of para-hydroxylation sites is 1. The minimum absolute atomic E-state index is 0.521. The highest BCUT2D eigenvalue weighted by atomic mass is 32.2. The van der Waals surface area contributed by atoms with Crippen LogP contribution < -0.4 is 5.32 Å². The summed E-state index contributed by atoms with van der Waals surface area (Å²) in [5.74, 6) is -2.68. The fourth-order valence-electron chi connectivity index (χ4n) is 1.12. The molecule has 0 bridgehead atoms. The highest BCUT2D eigenvalue weighted by Gasteiger charge is 2.17. The molecule has 0 atom stereocenters. The average Bonchev–Trinajstić information content (AvgIpc) is 2.22. The second-order valence-electron chi connectivity index (χ2n) is 3.66. The smallest absolute Gasteiger partial charge is 0.239 e. The summed E-state index contributed by atoms with van der Waals surface area (Å²) < 4.78 is 49.3. The largest absolute Gasteiger partial charge is 0.320 e. The number of sulfonamides is 1. The Balaban J connectivity index is 2.78. The molecule has 8 heteroatoms. The number of anilines is 1. The van der Waals surface area contributed by atoms with Crippen LogP contribution in [-0.4, -0.2) is 38.5 Å². The molecule has 1 N–H and O–H groups in total. The molecule has 1 amide bonds. The van der Waals surface area contributed by atoms with Gasteiger partial charge >= 0.3 is 0 Å². The van der Waals surface area contributed by atoms with Gasteiger partial charge in [0.25, 0.3) is 0 Å². The summed E-state index contributed by atoms with van der Waals surface area (Å²) in [5.41, 5.74) is -0.593. The molecule has 1 rings (SSSR count). The van der Waals surface area contributed by atoms with Crippen LogP contribution in [0.3, 0.4) is 0 Å². The Hall–Kier alpha value is -1.54. The molecule has 1 aromatic carbocycles. The fourth-order valence-corrected chi connectivity index (χ4v) is 1.47. The van der Waals surface area contributed by atoms with Crippen molar-refractivity contribution in [2.24, 2.45) is 0 Å². The SMILES string of the molecule is CN(CC(=O)Nc1c(F)cccc1F)S(C)(=O)=O. The first kappa shape index (κ1) is 14.5. The Labute approximate surface area is 103 Å². The molecule has 0 radical (unpaired) electrons. The van der Waals surface area contributed by atoms with Gasteiger partial charge in [-0.25, -0.2) is 17.2 Å². The molecule has 0 unspecified atom stereocenters. The molecule has 18 heavy (non-hydrogen) atoms. The Morgan fingerprint density at radius 2 is 1.83 bits per heavy atom. The molecule has 0 saturated carbocycles. The number of nitrogens with zero attached hydrogens (tertiary/aromatic N) is 1. The predicted octanol–water partition coefficient (Wildman–Crippen LogP) is 0.795. The van der Waals surface area contributed by atoms with E-state index in [1.54, 1.807) is 0 Å². The van der Waals surface area contributed by atoms with E-state index in [0.29, 0.717) is 0 Å². The van der Waals surface area contributed by atoms with E-state index in [2.05, 4.69) is 0 Å². The monoisotopic (exact) mass is 278 g/mol. The maximum atomic E-state index is 13.2. The van der Waals surface area contributed by atoms with Crippen LogP contribution in [0.15, 0.2) is 18.2 Å². The number of hydrogen-bond acceptors (Lipinski definition) is 3. The minimum atomic E-state index is -3.53. The van der Waals surface area contributed by atoms with Gasteiger partial charge in [-0.15, -0.1) is 0 Å². The van der Waals surface area contributed by atoms with Gasteiger partial charge in [0, 0.05) is 7.05 Å². The van der Waals surface area contributed by atoms with Crippen LogP contribution >= 0.6 is 0 Å². The first-order chi connectivity index (χ1) is 8.21. The summed E-state index contributed by atoms with van der Waals surface area (Å²) >= 11 is 0. The lowest BCUT2D eigenvalue weighted by molar-refractivity contribution is -0.116. The Morgan fingerprint density at radius 3 is 2.28 bits per heavy atom. The third-order valence-electron chi connectivity index (χ3n) is 2.16. The summed E-state index contributed by atoms with van der Waals surface area (Å²) in [6.07, 6.45) is 0.921. The van der Waals surface area contributed by atoms with Crippen molar-refractivity contribution >= 4 is 21.6 Å². The standard InChI is InChI=1S/C10H12F2N2O3S/c1-14(18(2,16)17)6-9(15)13-10-7(11)4-3-5-8(10)12/h3-5H,6H2,1-2H3,(H,13,15). The molecule has 0 fully saturated rings. The number of carbonyl (C=O) groups is 1. The maximum Gasteiger partial charge on any atom is 0.239 e. The van der Waals surface area contributed by atoms with E-state index in [-0.39, 0.29) is 0 Å². The van der Waals surface area contributed by atoms with Crippen molar-refractivity contribution in [1.82, 2.24) is 4.31 Å². The zero-order valence-electron chi connectivity index (χ0n) is 9.78. The molecule has 1 aromatic rings. The van der Waals surface area contributed by atoms with Crippen molar-refractivity contribution in [3.8, 4) is 0 Å². The van der Waals surface area contributed by atoms with E-state index < -0.39 is 39.8 Å². The fraction of sp³-hybridized carbons (Fsp3) is 0.300.